The van der Waals surface area contributed by atoms with Gasteiger partial charge in [0, 0.05) is 6.07 Å². The summed E-state index contributed by atoms with van der Waals surface area (Å²) in [7, 11) is 0. The minimum atomic E-state index is -0.522. The van der Waals surface area contributed by atoms with Crippen LogP contribution >= 0.6 is 11.6 Å². The second kappa shape index (κ2) is 4.98. The van der Waals surface area contributed by atoms with E-state index in [1.54, 1.807) is 12.1 Å². The number of nitro benzene ring substituents is 1. The van der Waals surface area contributed by atoms with E-state index >= 15 is 0 Å². The van der Waals surface area contributed by atoms with Gasteiger partial charge in [0.15, 0.2) is 5.02 Å². The molecule has 1 aromatic carbocycles. The summed E-state index contributed by atoms with van der Waals surface area (Å²) in [6, 6.07) is 4.54. The third kappa shape index (κ3) is 2.83. The van der Waals surface area contributed by atoms with Crippen molar-refractivity contribution in [3.63, 3.8) is 0 Å². The highest BCUT2D eigenvalue weighted by Gasteiger charge is 2.17. The predicted octanol–water partition coefficient (Wildman–Crippen LogP) is 3.43. The third-order valence-electron chi connectivity index (χ3n) is 2.04. The Hall–Kier alpha value is -1.29. The first-order valence-corrected chi connectivity index (χ1v) is 5.03. The SMILES string of the molecule is CCC(C)Oc1cccc([N+](=O)[O-])c1Cl. The van der Waals surface area contributed by atoms with Crippen LogP contribution < -0.4 is 4.74 Å². The van der Waals surface area contributed by atoms with Crippen molar-refractivity contribution in [1.29, 1.82) is 0 Å². The highest BCUT2D eigenvalue weighted by atomic mass is 35.5. The average molecular weight is 230 g/mol. The molecular weight excluding hydrogens is 218 g/mol. The van der Waals surface area contributed by atoms with E-state index in [-0.39, 0.29) is 16.8 Å². The summed E-state index contributed by atoms with van der Waals surface area (Å²) in [5, 5.41) is 10.7. The molecule has 82 valence electrons. The molecule has 0 bridgehead atoms. The first-order valence-electron chi connectivity index (χ1n) is 4.65. The van der Waals surface area contributed by atoms with Crippen LogP contribution in [0.4, 0.5) is 5.69 Å². The largest absolute Gasteiger partial charge is 0.489 e. The number of hydrogen-bond donors (Lipinski definition) is 0. The Labute approximate surface area is 93.0 Å². The summed E-state index contributed by atoms with van der Waals surface area (Å²) < 4.78 is 5.45. The molecule has 0 aliphatic carbocycles. The summed E-state index contributed by atoms with van der Waals surface area (Å²) >= 11 is 5.84. The van der Waals surface area contributed by atoms with Crippen molar-refractivity contribution in [2.24, 2.45) is 0 Å². The maximum absolute atomic E-state index is 10.6. The average Bonchev–Trinajstić information content (AvgIpc) is 2.20. The van der Waals surface area contributed by atoms with Crippen molar-refractivity contribution >= 4 is 17.3 Å². The highest BCUT2D eigenvalue weighted by Crippen LogP contribution is 2.33. The standard InChI is InChI=1S/C10H12ClNO3/c1-3-7(2)15-9-6-4-5-8(10(9)11)12(13)14/h4-7H,3H2,1-2H3. The molecule has 0 aromatic heterocycles. The molecule has 0 aliphatic rings. The van der Waals surface area contributed by atoms with Crippen LogP contribution in [-0.2, 0) is 0 Å². The number of benzene rings is 1. The van der Waals surface area contributed by atoms with E-state index in [1.807, 2.05) is 13.8 Å². The van der Waals surface area contributed by atoms with Crippen LogP contribution in [0.2, 0.25) is 5.02 Å². The zero-order chi connectivity index (χ0) is 11.4. The molecule has 0 radical (unpaired) electrons. The molecule has 0 aliphatic heterocycles. The second-order valence-corrected chi connectivity index (χ2v) is 3.56. The highest BCUT2D eigenvalue weighted by molar-refractivity contribution is 6.34. The fourth-order valence-corrected chi connectivity index (χ4v) is 1.27. The quantitative estimate of drug-likeness (QED) is 0.587. The lowest BCUT2D eigenvalue weighted by atomic mass is 10.3. The number of nitrogens with zero attached hydrogens (tertiary/aromatic N) is 1. The normalized spacial score (nSPS) is 12.2. The lowest BCUT2D eigenvalue weighted by molar-refractivity contribution is -0.384. The Morgan fingerprint density at radius 2 is 2.27 bits per heavy atom. The fourth-order valence-electron chi connectivity index (χ4n) is 1.03. The van der Waals surface area contributed by atoms with Crippen molar-refractivity contribution in [1.82, 2.24) is 0 Å². The number of halogens is 1. The zero-order valence-electron chi connectivity index (χ0n) is 8.57. The number of ether oxygens (including phenoxy) is 1. The van der Waals surface area contributed by atoms with Gasteiger partial charge in [-0.3, -0.25) is 10.1 Å². The first kappa shape index (κ1) is 11.8. The van der Waals surface area contributed by atoms with Gasteiger partial charge in [0.25, 0.3) is 5.69 Å². The van der Waals surface area contributed by atoms with Crippen LogP contribution in [0.1, 0.15) is 20.3 Å². The number of rotatable bonds is 4. The molecule has 0 spiro atoms. The molecule has 1 atom stereocenters. The van der Waals surface area contributed by atoms with Crippen molar-refractivity contribution < 1.29 is 9.66 Å². The Balaban J connectivity index is 2.99. The molecule has 0 amide bonds. The van der Waals surface area contributed by atoms with E-state index in [4.69, 9.17) is 16.3 Å². The Bertz CT molecular complexity index is 368. The molecule has 0 saturated heterocycles. The van der Waals surface area contributed by atoms with Crippen molar-refractivity contribution in [3.8, 4) is 5.75 Å². The van der Waals surface area contributed by atoms with Gasteiger partial charge < -0.3 is 4.74 Å². The Morgan fingerprint density at radius 3 is 2.80 bits per heavy atom. The molecule has 1 rings (SSSR count). The van der Waals surface area contributed by atoms with Crippen LogP contribution in [0.3, 0.4) is 0 Å². The van der Waals surface area contributed by atoms with Crippen LogP contribution in [-0.4, -0.2) is 11.0 Å². The van der Waals surface area contributed by atoms with E-state index in [0.29, 0.717) is 5.75 Å². The summed E-state index contributed by atoms with van der Waals surface area (Å²) in [6.07, 6.45) is 0.809. The predicted molar refractivity (Wildman–Crippen MR) is 58.5 cm³/mol. The Morgan fingerprint density at radius 1 is 1.60 bits per heavy atom. The van der Waals surface area contributed by atoms with Gasteiger partial charge in [0.1, 0.15) is 5.75 Å². The second-order valence-electron chi connectivity index (χ2n) is 3.18. The molecule has 4 nitrogen and oxygen atoms in total. The smallest absolute Gasteiger partial charge is 0.291 e. The van der Waals surface area contributed by atoms with Gasteiger partial charge in [0.2, 0.25) is 0 Å². The lowest BCUT2D eigenvalue weighted by Gasteiger charge is -2.13. The molecular formula is C10H12ClNO3. The zero-order valence-corrected chi connectivity index (χ0v) is 9.32. The molecule has 0 saturated carbocycles. The molecule has 0 heterocycles. The minimum absolute atomic E-state index is 0.00972. The van der Waals surface area contributed by atoms with Gasteiger partial charge >= 0.3 is 0 Å². The van der Waals surface area contributed by atoms with Crippen LogP contribution in [0.15, 0.2) is 18.2 Å². The van der Waals surface area contributed by atoms with E-state index in [1.165, 1.54) is 6.07 Å². The van der Waals surface area contributed by atoms with Crippen LogP contribution in [0.5, 0.6) is 5.75 Å². The first-order chi connectivity index (χ1) is 7.06. The van der Waals surface area contributed by atoms with E-state index in [2.05, 4.69) is 0 Å². The topological polar surface area (TPSA) is 52.4 Å². The minimum Gasteiger partial charge on any atom is -0.489 e. The van der Waals surface area contributed by atoms with Gasteiger partial charge in [-0.05, 0) is 19.4 Å². The molecule has 1 unspecified atom stereocenters. The van der Waals surface area contributed by atoms with Crippen LogP contribution in [0.25, 0.3) is 0 Å². The molecule has 15 heavy (non-hydrogen) atoms. The van der Waals surface area contributed by atoms with E-state index < -0.39 is 4.92 Å². The van der Waals surface area contributed by atoms with Gasteiger partial charge in [0.05, 0.1) is 11.0 Å². The summed E-state index contributed by atoms with van der Waals surface area (Å²) in [5.74, 6) is 0.361. The van der Waals surface area contributed by atoms with Crippen molar-refractivity contribution in [2.75, 3.05) is 0 Å². The molecule has 1 aromatic rings. The van der Waals surface area contributed by atoms with E-state index in [9.17, 15) is 10.1 Å². The number of hydrogen-bond acceptors (Lipinski definition) is 3. The lowest BCUT2D eigenvalue weighted by Crippen LogP contribution is -2.10. The summed E-state index contributed by atoms with van der Waals surface area (Å²) in [6.45, 7) is 3.85. The molecule has 0 fully saturated rings. The van der Waals surface area contributed by atoms with Crippen LogP contribution in [0, 0.1) is 10.1 Å². The summed E-state index contributed by atoms with van der Waals surface area (Å²) in [4.78, 5) is 10.1. The van der Waals surface area contributed by atoms with Gasteiger partial charge in [-0.25, -0.2) is 0 Å². The summed E-state index contributed by atoms with van der Waals surface area (Å²) in [5.41, 5.74) is -0.127. The maximum Gasteiger partial charge on any atom is 0.291 e. The van der Waals surface area contributed by atoms with Crippen molar-refractivity contribution in [2.45, 2.75) is 26.4 Å². The Kier molecular flexibility index (Phi) is 3.91. The number of nitro groups is 1. The monoisotopic (exact) mass is 229 g/mol. The van der Waals surface area contributed by atoms with Gasteiger partial charge in [-0.15, -0.1) is 0 Å². The molecule has 5 heteroatoms. The third-order valence-corrected chi connectivity index (χ3v) is 2.42. The maximum atomic E-state index is 10.6. The molecule has 0 N–H and O–H groups in total. The van der Waals surface area contributed by atoms with E-state index in [0.717, 1.165) is 6.42 Å². The van der Waals surface area contributed by atoms with Crippen molar-refractivity contribution in [3.05, 3.63) is 33.3 Å². The van der Waals surface area contributed by atoms with Gasteiger partial charge in [-0.1, -0.05) is 24.6 Å². The van der Waals surface area contributed by atoms with Gasteiger partial charge in [-0.2, -0.15) is 0 Å². The fraction of sp³-hybridized carbons (Fsp3) is 0.400.